The summed E-state index contributed by atoms with van der Waals surface area (Å²) >= 11 is 0. The van der Waals surface area contributed by atoms with Gasteiger partial charge in [0.25, 0.3) is 0 Å². The molecule has 0 amide bonds. The number of anilines is 1. The Balaban J connectivity index is 1.99. The fourth-order valence-electron chi connectivity index (χ4n) is 2.50. The average Bonchev–Trinajstić information content (AvgIpc) is 2.39. The van der Waals surface area contributed by atoms with Gasteiger partial charge >= 0.3 is 0 Å². The van der Waals surface area contributed by atoms with Crippen LogP contribution in [0.25, 0.3) is 0 Å². The first-order chi connectivity index (χ1) is 8.70. The van der Waals surface area contributed by atoms with E-state index in [9.17, 15) is 0 Å². The van der Waals surface area contributed by atoms with Gasteiger partial charge in [0.15, 0.2) is 0 Å². The molecule has 1 fully saturated rings. The highest BCUT2D eigenvalue weighted by atomic mass is 15.2. The third kappa shape index (κ3) is 2.96. The van der Waals surface area contributed by atoms with Crippen molar-refractivity contribution in [2.45, 2.75) is 12.8 Å². The van der Waals surface area contributed by atoms with Gasteiger partial charge < -0.3 is 9.80 Å². The first-order valence-corrected chi connectivity index (χ1v) is 6.30. The van der Waals surface area contributed by atoms with Crippen molar-refractivity contribution < 1.29 is 0 Å². The highest BCUT2D eigenvalue weighted by Crippen LogP contribution is 2.23. The van der Waals surface area contributed by atoms with E-state index in [1.54, 1.807) is 6.20 Å². The van der Waals surface area contributed by atoms with Crippen LogP contribution in [-0.4, -0.2) is 48.6 Å². The predicted octanol–water partition coefficient (Wildman–Crippen LogP) is 1.13. The summed E-state index contributed by atoms with van der Waals surface area (Å²) in [5, 5.41) is 9.06. The van der Waals surface area contributed by atoms with Crippen LogP contribution >= 0.6 is 0 Å². The second-order valence-corrected chi connectivity index (χ2v) is 5.06. The third-order valence-electron chi connectivity index (χ3n) is 3.35. The SMILES string of the molecule is CN(C)CC1CCN(c2ncncc2C#N)CC1. The normalized spacial score (nSPS) is 16.9. The number of piperidine rings is 1. The number of nitrogens with zero attached hydrogens (tertiary/aromatic N) is 5. The molecule has 0 bridgehead atoms. The number of aromatic nitrogens is 2. The average molecular weight is 245 g/mol. The first-order valence-electron chi connectivity index (χ1n) is 6.30. The van der Waals surface area contributed by atoms with Gasteiger partial charge in [-0.1, -0.05) is 0 Å². The summed E-state index contributed by atoms with van der Waals surface area (Å²) in [7, 11) is 4.23. The van der Waals surface area contributed by atoms with Crippen molar-refractivity contribution in [1.82, 2.24) is 14.9 Å². The Hall–Kier alpha value is -1.67. The molecule has 0 atom stereocenters. The Bertz CT molecular complexity index is 429. The molecule has 2 heterocycles. The summed E-state index contributed by atoms with van der Waals surface area (Å²) in [6.45, 7) is 3.09. The van der Waals surface area contributed by atoms with Gasteiger partial charge in [-0.15, -0.1) is 0 Å². The molecule has 1 aromatic heterocycles. The fourth-order valence-corrected chi connectivity index (χ4v) is 2.50. The molecule has 0 radical (unpaired) electrons. The summed E-state index contributed by atoms with van der Waals surface area (Å²) < 4.78 is 0. The number of rotatable bonds is 3. The van der Waals surface area contributed by atoms with Crippen LogP contribution in [0.4, 0.5) is 5.82 Å². The van der Waals surface area contributed by atoms with E-state index in [1.807, 2.05) is 0 Å². The molecule has 0 saturated carbocycles. The molecule has 0 aromatic carbocycles. The standard InChI is InChI=1S/C13H19N5/c1-17(2)9-11-3-5-18(6-4-11)13-12(7-14)8-15-10-16-13/h8,10-11H,3-6,9H2,1-2H3. The van der Waals surface area contributed by atoms with Crippen LogP contribution in [0.15, 0.2) is 12.5 Å². The predicted molar refractivity (Wildman–Crippen MR) is 70.2 cm³/mol. The summed E-state index contributed by atoms with van der Waals surface area (Å²) in [6.07, 6.45) is 5.43. The topological polar surface area (TPSA) is 56.1 Å². The molecule has 18 heavy (non-hydrogen) atoms. The van der Waals surface area contributed by atoms with Crippen molar-refractivity contribution in [2.75, 3.05) is 38.6 Å². The van der Waals surface area contributed by atoms with Crippen LogP contribution in [0.1, 0.15) is 18.4 Å². The summed E-state index contributed by atoms with van der Waals surface area (Å²) in [4.78, 5) is 12.6. The van der Waals surface area contributed by atoms with Crippen LogP contribution < -0.4 is 4.90 Å². The number of hydrogen-bond acceptors (Lipinski definition) is 5. The van der Waals surface area contributed by atoms with Gasteiger partial charge in [0.2, 0.25) is 0 Å². The molecular weight excluding hydrogens is 226 g/mol. The molecular formula is C13H19N5. The van der Waals surface area contributed by atoms with Gasteiger partial charge in [-0.05, 0) is 32.9 Å². The third-order valence-corrected chi connectivity index (χ3v) is 3.35. The van der Waals surface area contributed by atoms with Crippen LogP contribution in [0.2, 0.25) is 0 Å². The Labute approximate surface area is 108 Å². The van der Waals surface area contributed by atoms with Crippen molar-refractivity contribution in [3.63, 3.8) is 0 Å². The largest absolute Gasteiger partial charge is 0.355 e. The van der Waals surface area contributed by atoms with Crippen molar-refractivity contribution in [3.8, 4) is 6.07 Å². The van der Waals surface area contributed by atoms with E-state index in [2.05, 4.69) is 39.9 Å². The number of hydrogen-bond donors (Lipinski definition) is 0. The van der Waals surface area contributed by atoms with Crippen LogP contribution in [0, 0.1) is 17.2 Å². The zero-order valence-electron chi connectivity index (χ0n) is 11.0. The first kappa shape index (κ1) is 12.8. The van der Waals surface area contributed by atoms with E-state index in [-0.39, 0.29) is 0 Å². The molecule has 1 aliphatic rings. The molecule has 0 N–H and O–H groups in total. The molecule has 0 spiro atoms. The van der Waals surface area contributed by atoms with Gasteiger partial charge in [0.1, 0.15) is 23.8 Å². The molecule has 0 aliphatic carbocycles. The van der Waals surface area contributed by atoms with E-state index < -0.39 is 0 Å². The highest BCUT2D eigenvalue weighted by Gasteiger charge is 2.22. The van der Waals surface area contributed by atoms with E-state index in [0.717, 1.165) is 44.2 Å². The summed E-state index contributed by atoms with van der Waals surface area (Å²) in [5.74, 6) is 1.54. The molecule has 1 aliphatic heterocycles. The fraction of sp³-hybridized carbons (Fsp3) is 0.615. The monoisotopic (exact) mass is 245 g/mol. The minimum atomic E-state index is 0.573. The lowest BCUT2D eigenvalue weighted by Gasteiger charge is -2.34. The van der Waals surface area contributed by atoms with Gasteiger partial charge in [-0.25, -0.2) is 9.97 Å². The molecule has 2 rings (SSSR count). The van der Waals surface area contributed by atoms with Gasteiger partial charge in [0, 0.05) is 19.6 Å². The maximum absolute atomic E-state index is 9.06. The van der Waals surface area contributed by atoms with Crippen LogP contribution in [0.5, 0.6) is 0 Å². The van der Waals surface area contributed by atoms with E-state index in [1.165, 1.54) is 6.33 Å². The van der Waals surface area contributed by atoms with Gasteiger partial charge in [-0.3, -0.25) is 0 Å². The minimum absolute atomic E-state index is 0.573. The van der Waals surface area contributed by atoms with E-state index in [4.69, 9.17) is 5.26 Å². The number of nitriles is 1. The second-order valence-electron chi connectivity index (χ2n) is 5.06. The Kier molecular flexibility index (Phi) is 4.11. The molecule has 96 valence electrons. The zero-order valence-corrected chi connectivity index (χ0v) is 11.0. The van der Waals surface area contributed by atoms with E-state index in [0.29, 0.717) is 5.56 Å². The van der Waals surface area contributed by atoms with Crippen molar-refractivity contribution in [1.29, 1.82) is 5.26 Å². The van der Waals surface area contributed by atoms with Gasteiger partial charge in [0.05, 0.1) is 6.20 Å². The Morgan fingerprint density at radius 2 is 2.17 bits per heavy atom. The Morgan fingerprint density at radius 3 is 2.78 bits per heavy atom. The van der Waals surface area contributed by atoms with Crippen molar-refractivity contribution in [2.24, 2.45) is 5.92 Å². The zero-order chi connectivity index (χ0) is 13.0. The van der Waals surface area contributed by atoms with E-state index >= 15 is 0 Å². The van der Waals surface area contributed by atoms with Crippen LogP contribution in [-0.2, 0) is 0 Å². The maximum Gasteiger partial charge on any atom is 0.149 e. The highest BCUT2D eigenvalue weighted by molar-refractivity contribution is 5.52. The molecule has 5 nitrogen and oxygen atoms in total. The van der Waals surface area contributed by atoms with Crippen molar-refractivity contribution >= 4 is 5.82 Å². The lowest BCUT2D eigenvalue weighted by atomic mass is 9.96. The van der Waals surface area contributed by atoms with Crippen LogP contribution in [0.3, 0.4) is 0 Å². The smallest absolute Gasteiger partial charge is 0.149 e. The molecule has 1 saturated heterocycles. The molecule has 1 aromatic rings. The molecule has 5 heteroatoms. The minimum Gasteiger partial charge on any atom is -0.355 e. The second kappa shape index (κ2) is 5.78. The lowest BCUT2D eigenvalue weighted by Crippen LogP contribution is -2.37. The summed E-state index contributed by atoms with van der Waals surface area (Å²) in [6, 6.07) is 2.16. The maximum atomic E-state index is 9.06. The quantitative estimate of drug-likeness (QED) is 0.799. The molecule has 0 unspecified atom stereocenters. The summed E-state index contributed by atoms with van der Waals surface area (Å²) in [5.41, 5.74) is 0.573. The Morgan fingerprint density at radius 1 is 1.44 bits per heavy atom. The van der Waals surface area contributed by atoms with Crippen molar-refractivity contribution in [3.05, 3.63) is 18.1 Å². The van der Waals surface area contributed by atoms with Gasteiger partial charge in [-0.2, -0.15) is 5.26 Å². The lowest BCUT2D eigenvalue weighted by molar-refractivity contribution is 0.284.